The number of carboxylic acids is 1. The summed E-state index contributed by atoms with van der Waals surface area (Å²) < 4.78 is 22.3. The molecule has 0 atom stereocenters. The van der Waals surface area contributed by atoms with E-state index in [1.165, 1.54) is 16.3 Å². The first-order valence-electron chi connectivity index (χ1n) is 5.77. The highest BCUT2D eigenvalue weighted by Gasteiger charge is 2.22. The average Bonchev–Trinajstić information content (AvgIpc) is 2.76. The topological polar surface area (TPSA) is 118 Å². The fourth-order valence-electron chi connectivity index (χ4n) is 1.55. The lowest BCUT2D eigenvalue weighted by Crippen LogP contribution is -2.38. The Hall–Kier alpha value is -1.45. The van der Waals surface area contributed by atoms with Gasteiger partial charge in [-0.2, -0.15) is 0 Å². The number of carbonyl (C=O) groups excluding carboxylic acids is 1. The van der Waals surface area contributed by atoms with Crippen molar-refractivity contribution in [2.75, 3.05) is 6.54 Å². The van der Waals surface area contributed by atoms with Crippen LogP contribution in [0.1, 0.15) is 30.6 Å². The van der Waals surface area contributed by atoms with Gasteiger partial charge < -0.3 is 10.0 Å². The van der Waals surface area contributed by atoms with Gasteiger partial charge in [-0.15, -0.1) is 11.3 Å². The minimum absolute atomic E-state index is 0.0619. The maximum Gasteiger partial charge on any atom is 0.305 e. The van der Waals surface area contributed by atoms with Crippen molar-refractivity contribution in [3.63, 3.8) is 0 Å². The van der Waals surface area contributed by atoms with E-state index in [9.17, 15) is 18.0 Å². The van der Waals surface area contributed by atoms with Gasteiger partial charge in [0.1, 0.15) is 4.21 Å². The van der Waals surface area contributed by atoms with E-state index >= 15 is 0 Å². The van der Waals surface area contributed by atoms with Gasteiger partial charge >= 0.3 is 5.97 Å². The third-order valence-corrected chi connectivity index (χ3v) is 4.94. The molecule has 0 aromatic carbocycles. The Morgan fingerprint density at radius 1 is 1.45 bits per heavy atom. The lowest BCUT2D eigenvalue weighted by molar-refractivity contribution is -0.137. The van der Waals surface area contributed by atoms with Crippen LogP contribution in [0.15, 0.2) is 15.7 Å². The van der Waals surface area contributed by atoms with Crippen molar-refractivity contribution in [3.05, 3.63) is 17.0 Å². The van der Waals surface area contributed by atoms with Gasteiger partial charge in [-0.3, -0.25) is 9.59 Å². The molecule has 0 saturated carbocycles. The number of carbonyl (C=O) groups is 2. The minimum Gasteiger partial charge on any atom is -0.481 e. The number of aliphatic carboxylic acids is 1. The van der Waals surface area contributed by atoms with E-state index < -0.39 is 21.9 Å². The largest absolute Gasteiger partial charge is 0.481 e. The number of carboxylic acid groups (broad SMARTS) is 1. The number of primary sulfonamides is 1. The highest BCUT2D eigenvalue weighted by molar-refractivity contribution is 7.91. The fraction of sp³-hybridized carbons (Fsp3) is 0.455. The summed E-state index contributed by atoms with van der Waals surface area (Å²) in [5.41, 5.74) is 0.193. The van der Waals surface area contributed by atoms with Gasteiger partial charge in [0.05, 0.1) is 12.0 Å². The smallest absolute Gasteiger partial charge is 0.305 e. The summed E-state index contributed by atoms with van der Waals surface area (Å²) in [6, 6.07) is 1.01. The molecule has 0 bridgehead atoms. The number of nitrogens with two attached hydrogens (primary N) is 1. The third kappa shape index (κ3) is 4.29. The van der Waals surface area contributed by atoms with Gasteiger partial charge in [-0.05, 0) is 19.9 Å². The molecule has 3 N–H and O–H groups in total. The number of hydrogen-bond acceptors (Lipinski definition) is 5. The number of thiophene rings is 1. The molecule has 1 aromatic heterocycles. The Balaban J connectivity index is 2.95. The molecule has 0 fully saturated rings. The van der Waals surface area contributed by atoms with Gasteiger partial charge in [0.2, 0.25) is 10.0 Å². The van der Waals surface area contributed by atoms with E-state index in [0.29, 0.717) is 0 Å². The van der Waals surface area contributed by atoms with Gasteiger partial charge in [-0.1, -0.05) is 0 Å². The Labute approximate surface area is 121 Å². The maximum absolute atomic E-state index is 12.2. The molecule has 1 rings (SSSR count). The van der Waals surface area contributed by atoms with Crippen LogP contribution in [0.4, 0.5) is 0 Å². The molecule has 0 radical (unpaired) electrons. The normalized spacial score (nSPS) is 11.6. The molecule has 0 saturated heterocycles. The SMILES string of the molecule is CC(C)N(CCC(=O)O)C(=O)c1csc(S(N)(=O)=O)c1. The van der Waals surface area contributed by atoms with Crippen LogP contribution in [0.25, 0.3) is 0 Å². The van der Waals surface area contributed by atoms with Crippen LogP contribution >= 0.6 is 11.3 Å². The molecule has 0 aliphatic carbocycles. The second-order valence-corrected chi connectivity index (χ2v) is 7.13. The predicted molar refractivity (Wildman–Crippen MR) is 74.1 cm³/mol. The summed E-state index contributed by atoms with van der Waals surface area (Å²) in [6.45, 7) is 3.58. The summed E-state index contributed by atoms with van der Waals surface area (Å²) in [5, 5.41) is 15.1. The van der Waals surface area contributed by atoms with E-state index in [2.05, 4.69) is 0 Å². The number of rotatable bonds is 6. The van der Waals surface area contributed by atoms with Crippen molar-refractivity contribution in [2.45, 2.75) is 30.5 Å². The molecule has 0 aliphatic rings. The fourth-order valence-corrected chi connectivity index (χ4v) is 3.13. The number of nitrogens with zero attached hydrogens (tertiary/aromatic N) is 1. The molecule has 0 spiro atoms. The molecule has 112 valence electrons. The number of sulfonamides is 1. The van der Waals surface area contributed by atoms with Crippen LogP contribution in [0, 0.1) is 0 Å². The highest BCUT2D eigenvalue weighted by Crippen LogP contribution is 2.21. The molecule has 7 nitrogen and oxygen atoms in total. The van der Waals surface area contributed by atoms with Crippen molar-refractivity contribution < 1.29 is 23.1 Å². The molecule has 9 heteroatoms. The summed E-state index contributed by atoms with van der Waals surface area (Å²) in [5.74, 6) is -1.41. The van der Waals surface area contributed by atoms with Crippen molar-refractivity contribution in [1.82, 2.24) is 4.90 Å². The summed E-state index contributed by atoms with van der Waals surface area (Å²) in [7, 11) is -3.83. The Morgan fingerprint density at radius 2 is 2.05 bits per heavy atom. The summed E-state index contributed by atoms with van der Waals surface area (Å²) in [6.07, 6.45) is -0.171. The van der Waals surface area contributed by atoms with Crippen LogP contribution in [-0.4, -0.2) is 42.9 Å². The first kappa shape index (κ1) is 16.6. The van der Waals surface area contributed by atoms with Crippen LogP contribution in [0.2, 0.25) is 0 Å². The van der Waals surface area contributed by atoms with E-state index in [1.807, 2.05) is 0 Å². The quantitative estimate of drug-likeness (QED) is 0.800. The molecular weight excluding hydrogens is 304 g/mol. The summed E-state index contributed by atoms with van der Waals surface area (Å²) >= 11 is 0.862. The van der Waals surface area contributed by atoms with Gasteiger partial charge in [-0.25, -0.2) is 13.6 Å². The molecular formula is C11H16N2O5S2. The Kier molecular flexibility index (Phi) is 5.26. The molecule has 1 heterocycles. The highest BCUT2D eigenvalue weighted by atomic mass is 32.2. The second-order valence-electron chi connectivity index (χ2n) is 4.44. The third-order valence-electron chi connectivity index (χ3n) is 2.55. The maximum atomic E-state index is 12.2. The predicted octanol–water partition coefficient (Wildman–Crippen LogP) is 0.721. The number of hydrogen-bond donors (Lipinski definition) is 2. The van der Waals surface area contributed by atoms with Crippen molar-refractivity contribution in [3.8, 4) is 0 Å². The van der Waals surface area contributed by atoms with Crippen molar-refractivity contribution in [2.24, 2.45) is 5.14 Å². The zero-order valence-electron chi connectivity index (χ0n) is 11.1. The van der Waals surface area contributed by atoms with Crippen molar-refractivity contribution >= 4 is 33.2 Å². The lowest BCUT2D eigenvalue weighted by atomic mass is 10.2. The van der Waals surface area contributed by atoms with E-state index in [0.717, 1.165) is 11.3 Å². The van der Waals surface area contributed by atoms with E-state index in [4.69, 9.17) is 10.2 Å². The van der Waals surface area contributed by atoms with Gasteiger partial charge in [0.25, 0.3) is 5.91 Å². The van der Waals surface area contributed by atoms with Crippen LogP contribution in [-0.2, 0) is 14.8 Å². The molecule has 0 unspecified atom stereocenters. The van der Waals surface area contributed by atoms with Crippen molar-refractivity contribution in [1.29, 1.82) is 0 Å². The average molecular weight is 320 g/mol. The van der Waals surface area contributed by atoms with E-state index in [1.54, 1.807) is 13.8 Å². The monoisotopic (exact) mass is 320 g/mol. The van der Waals surface area contributed by atoms with Gasteiger partial charge in [0, 0.05) is 18.0 Å². The number of amides is 1. The zero-order valence-corrected chi connectivity index (χ0v) is 12.7. The standard InChI is InChI=1S/C11H16N2O5S2/c1-7(2)13(4-3-9(14)15)11(16)8-5-10(19-6-8)20(12,17)18/h5-7H,3-4H2,1-2H3,(H,14,15)(H2,12,17,18). The Bertz CT molecular complexity index is 606. The van der Waals surface area contributed by atoms with Crippen LogP contribution in [0.5, 0.6) is 0 Å². The van der Waals surface area contributed by atoms with E-state index in [-0.39, 0.29) is 28.8 Å². The van der Waals surface area contributed by atoms with Gasteiger partial charge in [0.15, 0.2) is 0 Å². The second kappa shape index (κ2) is 6.33. The Morgan fingerprint density at radius 3 is 2.45 bits per heavy atom. The summed E-state index contributed by atoms with van der Waals surface area (Å²) in [4.78, 5) is 24.2. The molecule has 1 amide bonds. The zero-order chi connectivity index (χ0) is 15.5. The molecule has 1 aromatic rings. The molecule has 0 aliphatic heterocycles. The van der Waals surface area contributed by atoms with Crippen LogP contribution in [0.3, 0.4) is 0 Å². The van der Waals surface area contributed by atoms with Crippen LogP contribution < -0.4 is 5.14 Å². The lowest BCUT2D eigenvalue weighted by Gasteiger charge is -2.25. The molecule has 20 heavy (non-hydrogen) atoms. The minimum atomic E-state index is -3.83. The first-order chi connectivity index (χ1) is 9.12. The first-order valence-corrected chi connectivity index (χ1v) is 8.19.